The Hall–Kier alpha value is -2.80. The van der Waals surface area contributed by atoms with Crippen LogP contribution >= 0.6 is 11.6 Å². The SMILES string of the molecule is COc1cc(C(=O)N2CCC3(CCN(C(=O)COc4ccccc4C)CC3)C2)cc(Cl)n1. The maximum absolute atomic E-state index is 13.0. The first-order valence-corrected chi connectivity index (χ1v) is 11.2. The van der Waals surface area contributed by atoms with Crippen LogP contribution in [0.25, 0.3) is 0 Å². The Morgan fingerprint density at radius 1 is 1.09 bits per heavy atom. The number of pyridine rings is 1. The molecule has 0 N–H and O–H groups in total. The highest BCUT2D eigenvalue weighted by atomic mass is 35.5. The van der Waals surface area contributed by atoms with Gasteiger partial charge in [-0.05, 0) is 49.3 Å². The Morgan fingerprint density at radius 3 is 2.47 bits per heavy atom. The van der Waals surface area contributed by atoms with Crippen LogP contribution in [0.4, 0.5) is 0 Å². The van der Waals surface area contributed by atoms with E-state index in [1.165, 1.54) is 7.11 Å². The largest absolute Gasteiger partial charge is 0.484 e. The van der Waals surface area contributed by atoms with Crippen LogP contribution in [-0.4, -0.2) is 66.5 Å². The molecule has 2 aliphatic rings. The highest BCUT2D eigenvalue weighted by Crippen LogP contribution is 2.41. The van der Waals surface area contributed by atoms with E-state index >= 15 is 0 Å². The van der Waals surface area contributed by atoms with Gasteiger partial charge in [-0.2, -0.15) is 0 Å². The van der Waals surface area contributed by atoms with Gasteiger partial charge in [-0.1, -0.05) is 29.8 Å². The summed E-state index contributed by atoms with van der Waals surface area (Å²) in [5.74, 6) is 1.02. The molecule has 1 aromatic carbocycles. The second-order valence-electron chi connectivity index (χ2n) is 8.63. The number of carbonyl (C=O) groups excluding carboxylic acids is 2. The van der Waals surface area contributed by atoms with Crippen LogP contribution in [0.5, 0.6) is 11.6 Å². The summed E-state index contributed by atoms with van der Waals surface area (Å²) in [6, 6.07) is 10.9. The van der Waals surface area contributed by atoms with E-state index in [2.05, 4.69) is 4.98 Å². The molecule has 2 aromatic rings. The number of hydrogen-bond acceptors (Lipinski definition) is 5. The van der Waals surface area contributed by atoms with Crippen molar-refractivity contribution in [1.82, 2.24) is 14.8 Å². The number of methoxy groups -OCH3 is 1. The van der Waals surface area contributed by atoms with Gasteiger partial charge in [0.15, 0.2) is 6.61 Å². The zero-order chi connectivity index (χ0) is 22.7. The van der Waals surface area contributed by atoms with Crippen LogP contribution in [0.15, 0.2) is 36.4 Å². The number of nitrogens with zero attached hydrogens (tertiary/aromatic N) is 3. The number of aromatic nitrogens is 1. The number of benzene rings is 1. The average molecular weight is 458 g/mol. The lowest BCUT2D eigenvalue weighted by Gasteiger charge is -2.39. The van der Waals surface area contributed by atoms with Crippen molar-refractivity contribution in [3.8, 4) is 11.6 Å². The van der Waals surface area contributed by atoms with Crippen molar-refractivity contribution in [3.63, 3.8) is 0 Å². The van der Waals surface area contributed by atoms with Gasteiger partial charge in [-0.15, -0.1) is 0 Å². The number of aryl methyl sites for hydroxylation is 1. The number of ether oxygens (including phenoxy) is 2. The zero-order valence-corrected chi connectivity index (χ0v) is 19.2. The van der Waals surface area contributed by atoms with Crippen LogP contribution in [0.1, 0.15) is 35.2 Å². The fraction of sp³-hybridized carbons (Fsp3) is 0.458. The van der Waals surface area contributed by atoms with Gasteiger partial charge in [-0.3, -0.25) is 9.59 Å². The molecule has 1 aromatic heterocycles. The standard InChI is InChI=1S/C24H28ClN3O4/c1-17-5-3-4-6-19(17)32-15-22(29)27-10-7-24(8-11-27)9-12-28(16-24)23(30)18-13-20(25)26-21(14-18)31-2/h3-6,13-14H,7-12,15-16H2,1-2H3. The molecule has 170 valence electrons. The van der Waals surface area contributed by atoms with Crippen molar-refractivity contribution in [2.24, 2.45) is 5.41 Å². The Balaban J connectivity index is 1.31. The normalized spacial score (nSPS) is 17.5. The van der Waals surface area contributed by atoms with Crippen molar-refractivity contribution < 1.29 is 19.1 Å². The number of piperidine rings is 1. The molecule has 0 radical (unpaired) electrons. The van der Waals surface area contributed by atoms with Gasteiger partial charge < -0.3 is 19.3 Å². The summed E-state index contributed by atoms with van der Waals surface area (Å²) in [4.78, 5) is 33.4. The number of halogens is 1. The Kier molecular flexibility index (Phi) is 6.55. The van der Waals surface area contributed by atoms with E-state index in [4.69, 9.17) is 21.1 Å². The van der Waals surface area contributed by atoms with Crippen molar-refractivity contribution in [3.05, 3.63) is 52.7 Å². The highest BCUT2D eigenvalue weighted by Gasteiger charge is 2.43. The van der Waals surface area contributed by atoms with E-state index in [1.54, 1.807) is 12.1 Å². The van der Waals surface area contributed by atoms with Crippen LogP contribution in [0.2, 0.25) is 5.15 Å². The second-order valence-corrected chi connectivity index (χ2v) is 9.02. The maximum Gasteiger partial charge on any atom is 0.260 e. The number of hydrogen-bond donors (Lipinski definition) is 0. The summed E-state index contributed by atoms with van der Waals surface area (Å²) in [7, 11) is 1.50. The van der Waals surface area contributed by atoms with Gasteiger partial charge in [0, 0.05) is 37.8 Å². The summed E-state index contributed by atoms with van der Waals surface area (Å²) >= 11 is 6.03. The van der Waals surface area contributed by atoms with Gasteiger partial charge in [0.1, 0.15) is 10.9 Å². The smallest absolute Gasteiger partial charge is 0.260 e. The van der Waals surface area contributed by atoms with Gasteiger partial charge in [0.25, 0.3) is 11.8 Å². The van der Waals surface area contributed by atoms with Crippen LogP contribution < -0.4 is 9.47 Å². The van der Waals surface area contributed by atoms with Crippen molar-refractivity contribution >= 4 is 23.4 Å². The molecule has 7 nitrogen and oxygen atoms in total. The molecular weight excluding hydrogens is 430 g/mol. The minimum absolute atomic E-state index is 0.00700. The lowest BCUT2D eigenvalue weighted by Crippen LogP contribution is -2.46. The third-order valence-corrected chi connectivity index (χ3v) is 6.77. The maximum atomic E-state index is 13.0. The number of likely N-dealkylation sites (tertiary alicyclic amines) is 2. The van der Waals surface area contributed by atoms with Crippen LogP contribution in [0.3, 0.4) is 0 Å². The summed E-state index contributed by atoms with van der Waals surface area (Å²) in [5, 5.41) is 0.237. The third-order valence-electron chi connectivity index (χ3n) is 6.57. The lowest BCUT2D eigenvalue weighted by molar-refractivity contribution is -0.135. The molecule has 0 atom stereocenters. The first-order chi connectivity index (χ1) is 15.4. The predicted octanol–water partition coefficient (Wildman–Crippen LogP) is 3.59. The highest BCUT2D eigenvalue weighted by molar-refractivity contribution is 6.29. The predicted molar refractivity (Wildman–Crippen MR) is 121 cm³/mol. The van der Waals surface area contributed by atoms with Crippen molar-refractivity contribution in [2.75, 3.05) is 39.9 Å². The number of amides is 2. The minimum Gasteiger partial charge on any atom is -0.484 e. The fourth-order valence-corrected chi connectivity index (χ4v) is 4.78. The third kappa shape index (κ3) is 4.83. The molecule has 0 aliphatic carbocycles. The van der Waals surface area contributed by atoms with Crippen molar-refractivity contribution in [1.29, 1.82) is 0 Å². The van der Waals surface area contributed by atoms with E-state index in [0.29, 0.717) is 37.6 Å². The Morgan fingerprint density at radius 2 is 1.78 bits per heavy atom. The number of rotatable bonds is 5. The molecule has 1 spiro atoms. The molecular formula is C24H28ClN3O4. The molecule has 0 bridgehead atoms. The molecule has 0 unspecified atom stereocenters. The monoisotopic (exact) mass is 457 g/mol. The van der Waals surface area contributed by atoms with E-state index in [-0.39, 0.29) is 29.0 Å². The first-order valence-electron chi connectivity index (χ1n) is 10.9. The number of para-hydroxylation sites is 1. The summed E-state index contributed by atoms with van der Waals surface area (Å²) in [6.07, 6.45) is 2.71. The summed E-state index contributed by atoms with van der Waals surface area (Å²) in [5.41, 5.74) is 1.56. The number of carbonyl (C=O) groups is 2. The molecule has 2 saturated heterocycles. The van der Waals surface area contributed by atoms with Gasteiger partial charge >= 0.3 is 0 Å². The molecule has 2 amide bonds. The van der Waals surface area contributed by atoms with Gasteiger partial charge in [0.05, 0.1) is 7.11 Å². The molecule has 32 heavy (non-hydrogen) atoms. The van der Waals surface area contributed by atoms with E-state index in [0.717, 1.165) is 30.6 Å². The average Bonchev–Trinajstić information content (AvgIpc) is 3.21. The molecule has 2 aliphatic heterocycles. The van der Waals surface area contributed by atoms with E-state index < -0.39 is 0 Å². The van der Waals surface area contributed by atoms with Gasteiger partial charge in [0.2, 0.25) is 5.88 Å². The first kappa shape index (κ1) is 22.4. The molecule has 0 saturated carbocycles. The Labute approximate surface area is 193 Å². The second kappa shape index (κ2) is 9.36. The van der Waals surface area contributed by atoms with Crippen LogP contribution in [0, 0.1) is 12.3 Å². The quantitative estimate of drug-likeness (QED) is 0.641. The molecule has 4 rings (SSSR count). The fourth-order valence-electron chi connectivity index (χ4n) is 4.58. The summed E-state index contributed by atoms with van der Waals surface area (Å²) < 4.78 is 10.9. The molecule has 2 fully saturated rings. The Bertz CT molecular complexity index is 1000. The zero-order valence-electron chi connectivity index (χ0n) is 18.5. The molecule has 3 heterocycles. The van der Waals surface area contributed by atoms with E-state index in [1.807, 2.05) is 41.0 Å². The lowest BCUT2D eigenvalue weighted by atomic mass is 9.78. The van der Waals surface area contributed by atoms with Gasteiger partial charge in [-0.25, -0.2) is 4.98 Å². The van der Waals surface area contributed by atoms with E-state index in [9.17, 15) is 9.59 Å². The summed E-state index contributed by atoms with van der Waals surface area (Å²) in [6.45, 7) is 4.78. The molecule has 8 heteroatoms. The minimum atomic E-state index is -0.0605. The van der Waals surface area contributed by atoms with Crippen molar-refractivity contribution in [2.45, 2.75) is 26.2 Å². The topological polar surface area (TPSA) is 72.0 Å². The van der Waals surface area contributed by atoms with Crippen LogP contribution in [-0.2, 0) is 4.79 Å².